The minimum absolute atomic E-state index is 0.349. The Morgan fingerprint density at radius 3 is 2.72 bits per heavy atom. The number of halogens is 2. The van der Waals surface area contributed by atoms with Crippen LogP contribution in [0.25, 0.3) is 0 Å². The van der Waals surface area contributed by atoms with Crippen LogP contribution in [0.1, 0.15) is 29.4 Å². The molecule has 0 saturated carbocycles. The average molecular weight is 330 g/mol. The lowest BCUT2D eigenvalue weighted by Gasteiger charge is -2.12. The maximum atomic E-state index is 6.46. The van der Waals surface area contributed by atoms with Crippen molar-refractivity contribution >= 4 is 27.5 Å². The van der Waals surface area contributed by atoms with E-state index in [1.165, 1.54) is 0 Å². The van der Waals surface area contributed by atoms with E-state index < -0.39 is 0 Å². The monoisotopic (exact) mass is 328 g/mol. The van der Waals surface area contributed by atoms with Crippen molar-refractivity contribution < 1.29 is 9.15 Å². The molecule has 0 radical (unpaired) electrons. The van der Waals surface area contributed by atoms with Crippen LogP contribution in [-0.4, -0.2) is 7.11 Å². The molecule has 1 unspecified atom stereocenters. The van der Waals surface area contributed by atoms with Crippen molar-refractivity contribution in [1.29, 1.82) is 0 Å². The van der Waals surface area contributed by atoms with Crippen LogP contribution in [0.2, 0.25) is 0 Å². The second kappa shape index (κ2) is 5.81. The summed E-state index contributed by atoms with van der Waals surface area (Å²) < 4.78 is 12.0. The molecule has 18 heavy (non-hydrogen) atoms. The van der Waals surface area contributed by atoms with Crippen molar-refractivity contribution in [3.63, 3.8) is 0 Å². The molecule has 2 nitrogen and oxygen atoms in total. The fourth-order valence-electron chi connectivity index (χ4n) is 1.78. The van der Waals surface area contributed by atoms with Crippen LogP contribution < -0.4 is 4.74 Å². The number of alkyl halides is 1. The second-order valence-corrected chi connectivity index (χ2v) is 5.26. The van der Waals surface area contributed by atoms with Crippen molar-refractivity contribution in [3.05, 3.63) is 51.9 Å². The van der Waals surface area contributed by atoms with Gasteiger partial charge in [0.1, 0.15) is 22.6 Å². The molecule has 96 valence electrons. The first-order chi connectivity index (χ1) is 8.65. The third-order valence-electron chi connectivity index (χ3n) is 2.75. The van der Waals surface area contributed by atoms with E-state index in [9.17, 15) is 0 Å². The molecule has 2 rings (SSSR count). The van der Waals surface area contributed by atoms with E-state index in [-0.39, 0.29) is 5.38 Å². The molecule has 0 N–H and O–H groups in total. The highest BCUT2D eigenvalue weighted by Crippen LogP contribution is 2.37. The number of hydrogen-bond donors (Lipinski definition) is 0. The van der Waals surface area contributed by atoms with Gasteiger partial charge >= 0.3 is 0 Å². The average Bonchev–Trinajstić information content (AvgIpc) is 2.86. The van der Waals surface area contributed by atoms with E-state index >= 15 is 0 Å². The number of methoxy groups -OCH3 is 1. The SMILES string of the molecule is CCc1ccc(C(Cl)c2cc(Br)ccc2OC)o1. The summed E-state index contributed by atoms with van der Waals surface area (Å²) in [6.07, 6.45) is 0.860. The van der Waals surface area contributed by atoms with Gasteiger partial charge < -0.3 is 9.15 Å². The molecular weight excluding hydrogens is 316 g/mol. The Morgan fingerprint density at radius 1 is 1.33 bits per heavy atom. The molecule has 0 aliphatic heterocycles. The third kappa shape index (κ3) is 2.73. The van der Waals surface area contributed by atoms with Gasteiger partial charge in [-0.25, -0.2) is 0 Å². The summed E-state index contributed by atoms with van der Waals surface area (Å²) in [7, 11) is 1.63. The number of hydrogen-bond acceptors (Lipinski definition) is 2. The number of furan rings is 1. The molecule has 0 amide bonds. The van der Waals surface area contributed by atoms with E-state index in [2.05, 4.69) is 15.9 Å². The maximum Gasteiger partial charge on any atom is 0.126 e. The number of benzene rings is 1. The zero-order valence-electron chi connectivity index (χ0n) is 10.2. The summed E-state index contributed by atoms with van der Waals surface area (Å²) in [5.74, 6) is 2.43. The molecule has 2 aromatic rings. The molecule has 0 fully saturated rings. The molecule has 1 aromatic heterocycles. The number of aryl methyl sites for hydroxylation is 1. The molecular formula is C14H14BrClO2. The third-order valence-corrected chi connectivity index (χ3v) is 3.69. The molecule has 0 saturated heterocycles. The highest BCUT2D eigenvalue weighted by atomic mass is 79.9. The van der Waals surface area contributed by atoms with Crippen LogP contribution in [0.4, 0.5) is 0 Å². The number of rotatable bonds is 4. The van der Waals surface area contributed by atoms with Crippen LogP contribution in [0.5, 0.6) is 5.75 Å². The van der Waals surface area contributed by atoms with Gasteiger partial charge in [-0.05, 0) is 30.3 Å². The van der Waals surface area contributed by atoms with Crippen LogP contribution in [0.3, 0.4) is 0 Å². The van der Waals surface area contributed by atoms with Gasteiger partial charge in [-0.1, -0.05) is 22.9 Å². The first kappa shape index (κ1) is 13.5. The van der Waals surface area contributed by atoms with Crippen molar-refractivity contribution in [3.8, 4) is 5.75 Å². The Morgan fingerprint density at radius 2 is 2.11 bits per heavy atom. The first-order valence-corrected chi connectivity index (χ1v) is 6.94. The lowest BCUT2D eigenvalue weighted by molar-refractivity contribution is 0.406. The van der Waals surface area contributed by atoms with Gasteiger partial charge in [-0.15, -0.1) is 11.6 Å². The topological polar surface area (TPSA) is 22.4 Å². The molecule has 0 aliphatic carbocycles. The lowest BCUT2D eigenvalue weighted by atomic mass is 10.1. The van der Waals surface area contributed by atoms with Gasteiger partial charge in [0.15, 0.2) is 0 Å². The molecule has 4 heteroatoms. The normalized spacial score (nSPS) is 12.4. The Balaban J connectivity index is 2.38. The van der Waals surface area contributed by atoms with Gasteiger partial charge in [0.05, 0.1) is 7.11 Å². The summed E-state index contributed by atoms with van der Waals surface area (Å²) in [6.45, 7) is 2.05. The molecule has 0 aliphatic rings. The largest absolute Gasteiger partial charge is 0.496 e. The Hall–Kier alpha value is -0.930. The summed E-state index contributed by atoms with van der Waals surface area (Å²) in [5, 5.41) is -0.349. The van der Waals surface area contributed by atoms with Crippen LogP contribution in [0.15, 0.2) is 39.2 Å². The number of ether oxygens (including phenoxy) is 1. The highest BCUT2D eigenvalue weighted by Gasteiger charge is 2.19. The Bertz CT molecular complexity index is 536. The summed E-state index contributed by atoms with van der Waals surface area (Å²) in [6, 6.07) is 9.63. The molecule has 1 atom stereocenters. The van der Waals surface area contributed by atoms with Crippen LogP contribution >= 0.6 is 27.5 Å². The molecule has 0 spiro atoms. The van der Waals surface area contributed by atoms with E-state index in [0.29, 0.717) is 0 Å². The Labute approximate surface area is 120 Å². The van der Waals surface area contributed by atoms with Gasteiger partial charge in [-0.3, -0.25) is 0 Å². The molecule has 0 bridgehead atoms. The minimum Gasteiger partial charge on any atom is -0.496 e. The first-order valence-electron chi connectivity index (χ1n) is 5.71. The minimum atomic E-state index is -0.349. The smallest absolute Gasteiger partial charge is 0.126 e. The van der Waals surface area contributed by atoms with E-state index in [1.54, 1.807) is 7.11 Å². The van der Waals surface area contributed by atoms with Gasteiger partial charge in [0.2, 0.25) is 0 Å². The highest BCUT2D eigenvalue weighted by molar-refractivity contribution is 9.10. The van der Waals surface area contributed by atoms with Crippen molar-refractivity contribution in [2.45, 2.75) is 18.7 Å². The summed E-state index contributed by atoms with van der Waals surface area (Å²) in [5.41, 5.74) is 0.894. The van der Waals surface area contributed by atoms with E-state index in [4.69, 9.17) is 20.8 Å². The van der Waals surface area contributed by atoms with Crippen LogP contribution in [0, 0.1) is 0 Å². The predicted octanol–water partition coefficient (Wildman–Crippen LogP) is 4.94. The molecule has 1 aromatic carbocycles. The van der Waals surface area contributed by atoms with Crippen molar-refractivity contribution in [1.82, 2.24) is 0 Å². The quantitative estimate of drug-likeness (QED) is 0.741. The fraction of sp³-hybridized carbons (Fsp3) is 0.286. The van der Waals surface area contributed by atoms with Gasteiger partial charge in [-0.2, -0.15) is 0 Å². The predicted molar refractivity (Wildman–Crippen MR) is 76.5 cm³/mol. The van der Waals surface area contributed by atoms with Crippen molar-refractivity contribution in [2.24, 2.45) is 0 Å². The fourth-order valence-corrected chi connectivity index (χ4v) is 2.44. The van der Waals surface area contributed by atoms with Gasteiger partial charge in [0.25, 0.3) is 0 Å². The zero-order chi connectivity index (χ0) is 13.1. The van der Waals surface area contributed by atoms with Gasteiger partial charge in [0, 0.05) is 16.5 Å². The molecule has 1 heterocycles. The standard InChI is InChI=1S/C14H14BrClO2/c1-3-10-5-7-13(18-10)14(16)11-8-9(15)4-6-12(11)17-2/h4-8,14H,3H2,1-2H3. The zero-order valence-corrected chi connectivity index (χ0v) is 12.6. The maximum absolute atomic E-state index is 6.46. The van der Waals surface area contributed by atoms with E-state index in [0.717, 1.165) is 33.7 Å². The second-order valence-electron chi connectivity index (χ2n) is 3.91. The van der Waals surface area contributed by atoms with Crippen LogP contribution in [-0.2, 0) is 6.42 Å². The summed E-state index contributed by atoms with van der Waals surface area (Å²) in [4.78, 5) is 0. The van der Waals surface area contributed by atoms with E-state index in [1.807, 2.05) is 37.3 Å². The van der Waals surface area contributed by atoms with Crippen molar-refractivity contribution in [2.75, 3.05) is 7.11 Å². The lowest BCUT2D eigenvalue weighted by Crippen LogP contribution is -1.96. The summed E-state index contributed by atoms with van der Waals surface area (Å²) >= 11 is 9.90. The Kier molecular flexibility index (Phi) is 4.36.